The van der Waals surface area contributed by atoms with Gasteiger partial charge in [-0.2, -0.15) is 0 Å². The molecule has 0 aliphatic carbocycles. The number of halogens is 1. The first-order valence-corrected chi connectivity index (χ1v) is 11.2. The molecule has 1 fully saturated rings. The Kier molecular flexibility index (Phi) is 4.17. The van der Waals surface area contributed by atoms with Crippen LogP contribution in [-0.4, -0.2) is 31.8 Å². The first-order valence-electron chi connectivity index (χ1n) is 8.33. The number of amides is 1. The summed E-state index contributed by atoms with van der Waals surface area (Å²) in [7, 11) is -3.43. The second kappa shape index (κ2) is 6.11. The Morgan fingerprint density at radius 1 is 1.28 bits per heavy atom. The summed E-state index contributed by atoms with van der Waals surface area (Å²) in [6, 6.07) is 6.93. The molecule has 2 aliphatic rings. The Morgan fingerprint density at radius 2 is 2.08 bits per heavy atom. The van der Waals surface area contributed by atoms with Gasteiger partial charge in [0.2, 0.25) is 0 Å². The van der Waals surface area contributed by atoms with Gasteiger partial charge >= 0.3 is 0 Å². The first kappa shape index (κ1) is 17.1. The van der Waals surface area contributed by atoms with Crippen molar-refractivity contribution in [2.45, 2.75) is 42.9 Å². The molecule has 4 rings (SSSR count). The molecule has 1 amide bonds. The van der Waals surface area contributed by atoms with Crippen molar-refractivity contribution in [2.24, 2.45) is 0 Å². The normalized spacial score (nSPS) is 21.5. The molecular formula is C18H18ClNO3S2. The van der Waals surface area contributed by atoms with E-state index in [1.807, 2.05) is 4.90 Å². The van der Waals surface area contributed by atoms with Gasteiger partial charge in [-0.3, -0.25) is 4.79 Å². The maximum Gasteiger partial charge on any atom is 0.264 e. The summed E-state index contributed by atoms with van der Waals surface area (Å²) >= 11 is 7.37. The van der Waals surface area contributed by atoms with Gasteiger partial charge in [-0.25, -0.2) is 8.42 Å². The third-order valence-electron chi connectivity index (χ3n) is 4.95. The molecule has 2 aromatic rings. The second-order valence-electron chi connectivity index (χ2n) is 6.71. The number of fused-ring (bicyclic) bond motifs is 3. The number of hydrogen-bond donors (Lipinski definition) is 0. The predicted octanol–water partition coefficient (Wildman–Crippen LogP) is 4.37. The van der Waals surface area contributed by atoms with Crippen molar-refractivity contribution in [1.82, 2.24) is 4.90 Å². The average Bonchev–Trinajstić information content (AvgIpc) is 2.98. The van der Waals surface area contributed by atoms with Crippen LogP contribution in [0, 0.1) is 0 Å². The molecule has 25 heavy (non-hydrogen) atoms. The van der Waals surface area contributed by atoms with Crippen LogP contribution in [0.2, 0.25) is 5.02 Å². The average molecular weight is 396 g/mol. The lowest BCUT2D eigenvalue weighted by molar-refractivity contribution is 0.0640. The molecule has 4 nitrogen and oxygen atoms in total. The molecule has 132 valence electrons. The summed E-state index contributed by atoms with van der Waals surface area (Å²) < 4.78 is 25.1. The molecule has 2 aliphatic heterocycles. The number of likely N-dealkylation sites (tertiary alicyclic amines) is 1. The molecule has 1 aromatic heterocycles. The number of carbonyl (C=O) groups is 1. The number of hydrogen-bond acceptors (Lipinski definition) is 4. The lowest BCUT2D eigenvalue weighted by atomic mass is 10.0. The molecule has 0 radical (unpaired) electrons. The fraction of sp³-hybridized carbons (Fsp3) is 0.389. The number of thiophene rings is 1. The van der Waals surface area contributed by atoms with Crippen LogP contribution >= 0.6 is 22.9 Å². The van der Waals surface area contributed by atoms with E-state index in [4.69, 9.17) is 11.6 Å². The molecule has 7 heteroatoms. The molecular weight excluding hydrogens is 378 g/mol. The third kappa shape index (κ3) is 2.90. The predicted molar refractivity (Wildman–Crippen MR) is 100 cm³/mol. The van der Waals surface area contributed by atoms with Crippen molar-refractivity contribution in [3.8, 4) is 10.4 Å². The van der Waals surface area contributed by atoms with Crippen LogP contribution in [0.15, 0.2) is 29.2 Å². The third-order valence-corrected chi connectivity index (χ3v) is 8.09. The Balaban J connectivity index is 1.77. The molecule has 0 spiro atoms. The smallest absolute Gasteiger partial charge is 0.264 e. The van der Waals surface area contributed by atoms with Crippen molar-refractivity contribution in [3.05, 3.63) is 39.7 Å². The van der Waals surface area contributed by atoms with Crippen molar-refractivity contribution in [3.63, 3.8) is 0 Å². The van der Waals surface area contributed by atoms with Crippen LogP contribution in [0.25, 0.3) is 10.4 Å². The van der Waals surface area contributed by atoms with E-state index >= 15 is 0 Å². The number of rotatable bonds is 1. The van der Waals surface area contributed by atoms with Gasteiger partial charge < -0.3 is 4.90 Å². The zero-order valence-electron chi connectivity index (χ0n) is 13.8. The first-order chi connectivity index (χ1) is 11.9. The molecule has 0 saturated carbocycles. The van der Waals surface area contributed by atoms with Crippen LogP contribution in [0.1, 0.15) is 41.4 Å². The highest BCUT2D eigenvalue weighted by atomic mass is 35.5. The van der Waals surface area contributed by atoms with E-state index in [9.17, 15) is 13.2 Å². The van der Waals surface area contributed by atoms with Gasteiger partial charge in [0, 0.05) is 28.0 Å². The monoisotopic (exact) mass is 395 g/mol. The molecule has 3 heterocycles. The number of benzene rings is 1. The van der Waals surface area contributed by atoms with E-state index in [0.29, 0.717) is 21.0 Å². The minimum absolute atomic E-state index is 0.0134. The molecule has 1 atom stereocenters. The van der Waals surface area contributed by atoms with Gasteiger partial charge in [-0.05, 0) is 49.9 Å². The summed E-state index contributed by atoms with van der Waals surface area (Å²) in [5, 5.41) is 0.403. The van der Waals surface area contributed by atoms with E-state index in [1.54, 1.807) is 18.2 Å². The SMILES string of the molecule is CC1CCCCN1C(=O)c1cc2c(s1)-c1ccc(Cl)cc1S(=O)(=O)C2. The minimum atomic E-state index is -3.43. The lowest BCUT2D eigenvalue weighted by Crippen LogP contribution is -2.41. The molecule has 1 aromatic carbocycles. The minimum Gasteiger partial charge on any atom is -0.335 e. The van der Waals surface area contributed by atoms with Crippen LogP contribution < -0.4 is 0 Å². The summed E-state index contributed by atoms with van der Waals surface area (Å²) in [5.74, 6) is -0.0610. The van der Waals surface area contributed by atoms with Crippen molar-refractivity contribution in [2.75, 3.05) is 6.54 Å². The molecule has 1 unspecified atom stereocenters. The quantitative estimate of drug-likeness (QED) is 0.720. The van der Waals surface area contributed by atoms with Crippen LogP contribution in [0.5, 0.6) is 0 Å². The van der Waals surface area contributed by atoms with Crippen LogP contribution in [0.3, 0.4) is 0 Å². The largest absolute Gasteiger partial charge is 0.335 e. The fourth-order valence-electron chi connectivity index (χ4n) is 3.63. The van der Waals surface area contributed by atoms with Crippen molar-refractivity contribution >= 4 is 38.7 Å². The van der Waals surface area contributed by atoms with E-state index in [0.717, 1.165) is 30.7 Å². The highest BCUT2D eigenvalue weighted by Gasteiger charge is 2.33. The van der Waals surface area contributed by atoms with Crippen molar-refractivity contribution in [1.29, 1.82) is 0 Å². The van der Waals surface area contributed by atoms with E-state index in [1.165, 1.54) is 17.4 Å². The summed E-state index contributed by atoms with van der Waals surface area (Å²) in [4.78, 5) is 16.6. The van der Waals surface area contributed by atoms with Gasteiger partial charge in [-0.1, -0.05) is 17.7 Å². The summed E-state index contributed by atoms with van der Waals surface area (Å²) in [6.07, 6.45) is 3.20. The Bertz CT molecular complexity index is 965. The van der Waals surface area contributed by atoms with Crippen molar-refractivity contribution < 1.29 is 13.2 Å². The molecule has 0 N–H and O–H groups in total. The summed E-state index contributed by atoms with van der Waals surface area (Å²) in [6.45, 7) is 2.85. The Morgan fingerprint density at radius 3 is 2.84 bits per heavy atom. The van der Waals surface area contributed by atoms with E-state index in [2.05, 4.69) is 6.92 Å². The van der Waals surface area contributed by atoms with Gasteiger partial charge in [0.25, 0.3) is 5.91 Å². The zero-order valence-corrected chi connectivity index (χ0v) is 16.2. The zero-order chi connectivity index (χ0) is 17.8. The second-order valence-corrected chi connectivity index (χ2v) is 10.2. The maximum atomic E-state index is 12.9. The van der Waals surface area contributed by atoms with Gasteiger partial charge in [0.05, 0.1) is 15.5 Å². The maximum absolute atomic E-state index is 12.9. The van der Waals surface area contributed by atoms with E-state index in [-0.39, 0.29) is 22.6 Å². The number of sulfone groups is 1. The number of piperidine rings is 1. The number of nitrogens with zero attached hydrogens (tertiary/aromatic N) is 1. The van der Waals surface area contributed by atoms with Gasteiger partial charge in [-0.15, -0.1) is 11.3 Å². The van der Waals surface area contributed by atoms with Crippen LogP contribution in [-0.2, 0) is 15.6 Å². The fourth-order valence-corrected chi connectivity index (χ4v) is 6.81. The number of carbonyl (C=O) groups excluding carboxylic acids is 1. The Labute approximate surface area is 156 Å². The highest BCUT2D eigenvalue weighted by molar-refractivity contribution is 7.91. The molecule has 1 saturated heterocycles. The highest BCUT2D eigenvalue weighted by Crippen LogP contribution is 2.44. The van der Waals surface area contributed by atoms with Crippen LogP contribution in [0.4, 0.5) is 0 Å². The molecule has 0 bridgehead atoms. The summed E-state index contributed by atoms with van der Waals surface area (Å²) in [5.41, 5.74) is 1.37. The standard InChI is InChI=1S/C18H18ClNO3S2/c1-11-4-2-3-7-20(11)18(21)15-8-12-10-25(22,23)16-9-13(19)5-6-14(16)17(12)24-15/h5-6,8-9,11H,2-4,7,10H2,1H3. The van der Waals surface area contributed by atoms with Gasteiger partial charge in [0.1, 0.15) is 0 Å². The topological polar surface area (TPSA) is 54.5 Å². The van der Waals surface area contributed by atoms with E-state index < -0.39 is 9.84 Å². The Hall–Kier alpha value is -1.37. The lowest BCUT2D eigenvalue weighted by Gasteiger charge is -2.33. The van der Waals surface area contributed by atoms with Gasteiger partial charge in [0.15, 0.2) is 9.84 Å².